The molecule has 0 amide bonds. The standard InChI is InChI=1S/C39H23F7/c1-3-23-16-27(18-31(40)30(23)13-6-22-14-34(43)38(45)35(44)15-22)25-9-11-26(12-10-25)36-33(42)20-29-17-28(19-32(41)37(29)39(36)46)24-7-4-21(2)5-8-24/h4-5,7-12,14-20H,3H2,1-2H3. The van der Waals surface area contributed by atoms with Gasteiger partial charge in [0.2, 0.25) is 0 Å². The van der Waals surface area contributed by atoms with E-state index in [1.807, 2.05) is 31.2 Å². The third-order valence-corrected chi connectivity index (χ3v) is 7.84. The van der Waals surface area contributed by atoms with Crippen molar-refractivity contribution in [3.63, 3.8) is 0 Å². The van der Waals surface area contributed by atoms with Crippen molar-refractivity contribution in [1.82, 2.24) is 0 Å². The van der Waals surface area contributed by atoms with Crippen molar-refractivity contribution < 1.29 is 30.7 Å². The second kappa shape index (κ2) is 12.2. The molecule has 0 spiro atoms. The smallest absolute Gasteiger partial charge is 0.194 e. The van der Waals surface area contributed by atoms with Crippen LogP contribution in [0.5, 0.6) is 0 Å². The zero-order chi connectivity index (χ0) is 32.7. The molecule has 228 valence electrons. The SMILES string of the molecule is CCc1cc(-c2ccc(-c3c(F)cc4cc(-c5ccc(C)cc5)cc(F)c4c3F)cc2)cc(F)c1C#Cc1cc(F)c(F)c(F)c1. The lowest BCUT2D eigenvalue weighted by atomic mass is 9.93. The quantitative estimate of drug-likeness (QED) is 0.104. The lowest BCUT2D eigenvalue weighted by Crippen LogP contribution is -1.97. The van der Waals surface area contributed by atoms with Crippen molar-refractivity contribution in [2.45, 2.75) is 20.3 Å². The lowest BCUT2D eigenvalue weighted by molar-refractivity contribution is 0.446. The van der Waals surface area contributed by atoms with Gasteiger partial charge in [0.05, 0.1) is 16.5 Å². The van der Waals surface area contributed by atoms with Gasteiger partial charge in [-0.25, -0.2) is 30.7 Å². The molecule has 0 nitrogen and oxygen atoms in total. The maximum atomic E-state index is 15.7. The Labute approximate surface area is 260 Å². The highest BCUT2D eigenvalue weighted by molar-refractivity contribution is 5.92. The van der Waals surface area contributed by atoms with Gasteiger partial charge in [-0.15, -0.1) is 0 Å². The first-order chi connectivity index (χ1) is 22.0. The summed E-state index contributed by atoms with van der Waals surface area (Å²) in [5.74, 6) is -2.76. The highest BCUT2D eigenvalue weighted by Crippen LogP contribution is 2.37. The summed E-state index contributed by atoms with van der Waals surface area (Å²) in [6.07, 6.45) is 0.365. The van der Waals surface area contributed by atoms with Crippen LogP contribution >= 0.6 is 0 Å². The van der Waals surface area contributed by atoms with Gasteiger partial charge in [-0.05, 0) is 94.6 Å². The molecule has 0 saturated heterocycles. The Morgan fingerprint density at radius 1 is 0.500 bits per heavy atom. The maximum absolute atomic E-state index is 15.7. The van der Waals surface area contributed by atoms with Gasteiger partial charge in [-0.3, -0.25) is 0 Å². The van der Waals surface area contributed by atoms with Crippen LogP contribution in [0.4, 0.5) is 30.7 Å². The molecule has 6 aromatic carbocycles. The fourth-order valence-electron chi connectivity index (χ4n) is 5.43. The van der Waals surface area contributed by atoms with Gasteiger partial charge in [-0.1, -0.05) is 72.9 Å². The van der Waals surface area contributed by atoms with Gasteiger partial charge in [-0.2, -0.15) is 0 Å². The van der Waals surface area contributed by atoms with Gasteiger partial charge in [0, 0.05) is 5.56 Å². The molecule has 0 aliphatic rings. The molecule has 0 aromatic heterocycles. The number of rotatable bonds is 4. The molecule has 0 heterocycles. The second-order valence-corrected chi connectivity index (χ2v) is 10.9. The first-order valence-corrected chi connectivity index (χ1v) is 14.3. The molecule has 6 aromatic rings. The molecule has 0 bridgehead atoms. The minimum Gasteiger partial charge on any atom is -0.206 e. The van der Waals surface area contributed by atoms with Crippen molar-refractivity contribution in [3.05, 3.63) is 154 Å². The third kappa shape index (κ3) is 5.75. The van der Waals surface area contributed by atoms with Crippen LogP contribution in [0.3, 0.4) is 0 Å². The van der Waals surface area contributed by atoms with E-state index in [-0.39, 0.29) is 33.0 Å². The van der Waals surface area contributed by atoms with Gasteiger partial charge >= 0.3 is 0 Å². The van der Waals surface area contributed by atoms with Crippen molar-refractivity contribution in [2.75, 3.05) is 0 Å². The molecule has 46 heavy (non-hydrogen) atoms. The first kappa shape index (κ1) is 30.7. The highest BCUT2D eigenvalue weighted by Gasteiger charge is 2.20. The summed E-state index contributed by atoms with van der Waals surface area (Å²) in [5.41, 5.74) is 3.37. The number of hydrogen-bond donors (Lipinski definition) is 0. The number of aryl methyl sites for hydroxylation is 2. The molecule has 0 aliphatic carbocycles. The van der Waals surface area contributed by atoms with E-state index in [2.05, 4.69) is 11.8 Å². The van der Waals surface area contributed by atoms with Crippen LogP contribution < -0.4 is 0 Å². The van der Waals surface area contributed by atoms with Crippen LogP contribution in [0.1, 0.15) is 29.2 Å². The van der Waals surface area contributed by atoms with E-state index >= 15 is 17.6 Å². The number of fused-ring (bicyclic) bond motifs is 1. The highest BCUT2D eigenvalue weighted by atomic mass is 19.2. The Bertz CT molecular complexity index is 2180. The van der Waals surface area contributed by atoms with E-state index in [9.17, 15) is 13.2 Å². The molecule has 7 heteroatoms. The zero-order valence-electron chi connectivity index (χ0n) is 24.5. The average molecular weight is 625 g/mol. The molecule has 0 N–H and O–H groups in total. The van der Waals surface area contributed by atoms with Crippen LogP contribution in [0, 0.1) is 59.5 Å². The Kier molecular flexibility index (Phi) is 8.14. The minimum absolute atomic E-state index is 0.0147. The number of halogens is 7. The van der Waals surface area contributed by atoms with Crippen LogP contribution in [0.25, 0.3) is 44.2 Å². The van der Waals surface area contributed by atoms with Crippen molar-refractivity contribution >= 4 is 10.8 Å². The molecular formula is C39H23F7. The van der Waals surface area contributed by atoms with Crippen molar-refractivity contribution in [3.8, 4) is 45.2 Å². The molecule has 0 fully saturated rings. The minimum atomic E-state index is -1.62. The molecular weight excluding hydrogens is 601 g/mol. The van der Waals surface area contributed by atoms with Crippen LogP contribution in [0.2, 0.25) is 0 Å². The Balaban J connectivity index is 1.34. The third-order valence-electron chi connectivity index (χ3n) is 7.84. The topological polar surface area (TPSA) is 0 Å². The van der Waals surface area contributed by atoms with Gasteiger partial charge in [0.1, 0.15) is 23.3 Å². The van der Waals surface area contributed by atoms with Crippen molar-refractivity contribution in [2.24, 2.45) is 0 Å². The first-order valence-electron chi connectivity index (χ1n) is 14.3. The lowest BCUT2D eigenvalue weighted by Gasteiger charge is -2.13. The summed E-state index contributed by atoms with van der Waals surface area (Å²) in [7, 11) is 0. The zero-order valence-corrected chi connectivity index (χ0v) is 24.5. The molecule has 6 rings (SSSR count). The van der Waals surface area contributed by atoms with E-state index in [0.29, 0.717) is 34.2 Å². The van der Waals surface area contributed by atoms with Crippen molar-refractivity contribution in [1.29, 1.82) is 0 Å². The van der Waals surface area contributed by atoms with Gasteiger partial charge in [0.25, 0.3) is 0 Å². The van der Waals surface area contributed by atoms with E-state index in [4.69, 9.17) is 0 Å². The second-order valence-electron chi connectivity index (χ2n) is 10.9. The Hall–Kier alpha value is -5.35. The maximum Gasteiger partial charge on any atom is 0.194 e. The van der Waals surface area contributed by atoms with Gasteiger partial charge < -0.3 is 0 Å². The van der Waals surface area contributed by atoms with E-state index < -0.39 is 40.7 Å². The van der Waals surface area contributed by atoms with Gasteiger partial charge in [0.15, 0.2) is 17.5 Å². The fourth-order valence-corrected chi connectivity index (χ4v) is 5.43. The van der Waals surface area contributed by atoms with Crippen LogP contribution in [0.15, 0.2) is 91.0 Å². The van der Waals surface area contributed by atoms with E-state index in [1.54, 1.807) is 31.2 Å². The summed E-state index contributed by atoms with van der Waals surface area (Å²) in [5, 5.41) is -0.236. The predicted molar refractivity (Wildman–Crippen MR) is 166 cm³/mol. The molecule has 0 unspecified atom stereocenters. The predicted octanol–water partition coefficient (Wildman–Crippen LogP) is 11.1. The average Bonchev–Trinajstić information content (AvgIpc) is 3.02. The molecule has 0 radical (unpaired) electrons. The molecule has 0 atom stereocenters. The Morgan fingerprint density at radius 2 is 1.07 bits per heavy atom. The summed E-state index contributed by atoms with van der Waals surface area (Å²) in [4.78, 5) is 0. The largest absolute Gasteiger partial charge is 0.206 e. The monoisotopic (exact) mass is 624 g/mol. The molecule has 0 aliphatic heterocycles. The summed E-state index contributed by atoms with van der Waals surface area (Å²) >= 11 is 0. The summed E-state index contributed by atoms with van der Waals surface area (Å²) in [6, 6.07) is 21.7. The van der Waals surface area contributed by atoms with E-state index in [1.165, 1.54) is 24.3 Å². The normalized spacial score (nSPS) is 11.1. The molecule has 0 saturated carbocycles. The van der Waals surface area contributed by atoms with Crippen LogP contribution in [-0.2, 0) is 6.42 Å². The number of benzene rings is 6. The fraction of sp³-hybridized carbons (Fsp3) is 0.0769. The van der Waals surface area contributed by atoms with E-state index in [0.717, 1.165) is 23.8 Å². The Morgan fingerprint density at radius 3 is 1.70 bits per heavy atom. The number of hydrogen-bond acceptors (Lipinski definition) is 0. The summed E-state index contributed by atoms with van der Waals surface area (Å²) in [6.45, 7) is 3.70. The summed E-state index contributed by atoms with van der Waals surface area (Å²) < 4.78 is 102. The van der Waals surface area contributed by atoms with Crippen LogP contribution in [-0.4, -0.2) is 0 Å².